The van der Waals surface area contributed by atoms with Crippen molar-refractivity contribution in [1.29, 1.82) is 0 Å². The van der Waals surface area contributed by atoms with E-state index in [1.165, 1.54) is 4.42 Å². The van der Waals surface area contributed by atoms with Gasteiger partial charge in [-0.15, -0.1) is 0 Å². The highest BCUT2D eigenvalue weighted by atomic mass is 35.5. The van der Waals surface area contributed by atoms with Gasteiger partial charge in [0.25, 0.3) is 0 Å². The second kappa shape index (κ2) is 4.45. The van der Waals surface area contributed by atoms with Gasteiger partial charge in [0.15, 0.2) is 0 Å². The van der Waals surface area contributed by atoms with Crippen LogP contribution in [0.3, 0.4) is 0 Å². The number of hydrogen-bond acceptors (Lipinski definition) is 1. The first-order chi connectivity index (χ1) is 4.22. The molecule has 52 valence electrons. The van der Waals surface area contributed by atoms with E-state index in [1.54, 1.807) is 6.20 Å². The predicted molar refractivity (Wildman–Crippen MR) is 41.9 cm³/mol. The monoisotopic (exact) mass is 145 g/mol. The number of halogens is 1. The zero-order chi connectivity index (χ0) is 7.28. The Balaban J connectivity index is 3.58. The zero-order valence-electron chi connectivity index (χ0n) is 5.73. The smallest absolute Gasteiger partial charge is 0.0276 e. The van der Waals surface area contributed by atoms with Gasteiger partial charge in [0.1, 0.15) is 0 Å². The van der Waals surface area contributed by atoms with Crippen molar-refractivity contribution in [3.8, 4) is 0 Å². The van der Waals surface area contributed by atoms with Crippen LogP contribution in [0.1, 0.15) is 19.8 Å². The van der Waals surface area contributed by atoms with E-state index in [1.807, 2.05) is 0 Å². The molecular formula is C7H12ClN. The first kappa shape index (κ1) is 8.57. The van der Waals surface area contributed by atoms with Crippen molar-refractivity contribution in [3.05, 3.63) is 25.1 Å². The molecule has 0 rings (SSSR count). The van der Waals surface area contributed by atoms with Crippen LogP contribution in [0.25, 0.3) is 0 Å². The third kappa shape index (κ3) is 3.20. The maximum atomic E-state index is 5.61. The Morgan fingerprint density at radius 3 is 2.67 bits per heavy atom. The topological polar surface area (TPSA) is 3.24 Å². The molecule has 0 N–H and O–H groups in total. The number of hydrogen-bond donors (Lipinski definition) is 0. The van der Waals surface area contributed by atoms with E-state index in [2.05, 4.69) is 20.1 Å². The fourth-order valence-corrected chi connectivity index (χ4v) is 0.609. The minimum absolute atomic E-state index is 0.897. The molecule has 0 bridgehead atoms. The zero-order valence-corrected chi connectivity index (χ0v) is 6.49. The van der Waals surface area contributed by atoms with Crippen molar-refractivity contribution >= 4 is 11.8 Å². The summed E-state index contributed by atoms with van der Waals surface area (Å²) in [4.78, 5) is 0. The van der Waals surface area contributed by atoms with Crippen LogP contribution in [0.5, 0.6) is 0 Å². The van der Waals surface area contributed by atoms with E-state index in [-0.39, 0.29) is 0 Å². The molecule has 9 heavy (non-hydrogen) atoms. The second-order valence-corrected chi connectivity index (χ2v) is 2.17. The summed E-state index contributed by atoms with van der Waals surface area (Å²) >= 11 is 5.61. The summed E-state index contributed by atoms with van der Waals surface area (Å²) in [5.74, 6) is 0. The average Bonchev–Trinajstić information content (AvgIpc) is 1.87. The van der Waals surface area contributed by atoms with E-state index in [4.69, 9.17) is 11.8 Å². The second-order valence-electron chi connectivity index (χ2n) is 1.81. The van der Waals surface area contributed by atoms with E-state index in [0.717, 1.165) is 18.5 Å². The van der Waals surface area contributed by atoms with E-state index in [9.17, 15) is 0 Å². The Morgan fingerprint density at radius 2 is 2.33 bits per heavy atom. The molecule has 0 amide bonds. The Morgan fingerprint density at radius 1 is 1.78 bits per heavy atom. The highest BCUT2D eigenvalue weighted by Crippen LogP contribution is 2.10. The SMILES string of the molecule is C=CN(Cl)C(=C)CCC. The van der Waals surface area contributed by atoms with Gasteiger partial charge in [-0.3, -0.25) is 4.42 Å². The van der Waals surface area contributed by atoms with Crippen molar-refractivity contribution < 1.29 is 0 Å². The van der Waals surface area contributed by atoms with Crippen LogP contribution in [0.15, 0.2) is 25.1 Å². The lowest BCUT2D eigenvalue weighted by Gasteiger charge is -2.10. The summed E-state index contributed by atoms with van der Waals surface area (Å²) in [6.07, 6.45) is 3.53. The van der Waals surface area contributed by atoms with E-state index >= 15 is 0 Å². The van der Waals surface area contributed by atoms with Crippen LogP contribution >= 0.6 is 11.8 Å². The molecule has 2 heteroatoms. The summed E-state index contributed by atoms with van der Waals surface area (Å²) in [6, 6.07) is 0. The van der Waals surface area contributed by atoms with Crippen LogP contribution in [0.2, 0.25) is 0 Å². The van der Waals surface area contributed by atoms with Crippen LogP contribution in [0.4, 0.5) is 0 Å². The van der Waals surface area contributed by atoms with Crippen molar-refractivity contribution in [2.45, 2.75) is 19.8 Å². The fourth-order valence-electron chi connectivity index (χ4n) is 0.524. The van der Waals surface area contributed by atoms with E-state index < -0.39 is 0 Å². The molecule has 0 aromatic rings. The molecule has 0 aromatic carbocycles. The van der Waals surface area contributed by atoms with Gasteiger partial charge in [-0.1, -0.05) is 26.5 Å². The van der Waals surface area contributed by atoms with Gasteiger partial charge in [0.2, 0.25) is 0 Å². The lowest BCUT2D eigenvalue weighted by molar-refractivity contribution is 0.680. The molecule has 0 unspecified atom stereocenters. The number of nitrogens with zero attached hydrogens (tertiary/aromatic N) is 1. The van der Waals surface area contributed by atoms with Crippen LogP contribution < -0.4 is 0 Å². The molecule has 0 heterocycles. The average molecular weight is 146 g/mol. The largest absolute Gasteiger partial charge is 0.266 e. The molecule has 0 saturated heterocycles. The van der Waals surface area contributed by atoms with Gasteiger partial charge in [-0.05, 0) is 6.42 Å². The predicted octanol–water partition coefficient (Wildman–Crippen LogP) is 2.90. The molecule has 0 atom stereocenters. The highest BCUT2D eigenvalue weighted by molar-refractivity contribution is 6.15. The molecule has 1 nitrogen and oxygen atoms in total. The molecule has 0 spiro atoms. The van der Waals surface area contributed by atoms with Gasteiger partial charge in [-0.2, -0.15) is 0 Å². The standard InChI is InChI=1S/C7H12ClN/c1-4-6-7(3)9(8)5-2/h5H,2-4,6H2,1H3. The molecule has 0 aliphatic carbocycles. The molecular weight excluding hydrogens is 134 g/mol. The summed E-state index contributed by atoms with van der Waals surface area (Å²) < 4.78 is 1.42. The van der Waals surface area contributed by atoms with Gasteiger partial charge in [0, 0.05) is 23.7 Å². The molecule has 0 fully saturated rings. The summed E-state index contributed by atoms with van der Waals surface area (Å²) in [5, 5.41) is 0. The van der Waals surface area contributed by atoms with Crippen molar-refractivity contribution in [2.24, 2.45) is 0 Å². The number of allylic oxidation sites excluding steroid dienone is 1. The van der Waals surface area contributed by atoms with Crippen LogP contribution in [-0.2, 0) is 0 Å². The Bertz CT molecular complexity index is 109. The third-order valence-corrected chi connectivity index (χ3v) is 1.38. The van der Waals surface area contributed by atoms with Crippen LogP contribution in [-0.4, -0.2) is 4.42 Å². The normalized spacial score (nSPS) is 8.67. The quantitative estimate of drug-likeness (QED) is 0.550. The van der Waals surface area contributed by atoms with Gasteiger partial charge >= 0.3 is 0 Å². The lowest BCUT2D eigenvalue weighted by Crippen LogP contribution is -2.00. The fraction of sp³-hybridized carbons (Fsp3) is 0.429. The Labute approximate surface area is 61.7 Å². The molecule has 0 saturated carbocycles. The van der Waals surface area contributed by atoms with Crippen molar-refractivity contribution in [1.82, 2.24) is 4.42 Å². The third-order valence-electron chi connectivity index (χ3n) is 1.00. The maximum Gasteiger partial charge on any atom is 0.0276 e. The van der Waals surface area contributed by atoms with Crippen molar-refractivity contribution in [3.63, 3.8) is 0 Å². The number of rotatable bonds is 4. The minimum atomic E-state index is 0.897. The van der Waals surface area contributed by atoms with E-state index in [0.29, 0.717) is 0 Å². The van der Waals surface area contributed by atoms with Gasteiger partial charge in [-0.25, -0.2) is 0 Å². The first-order valence-corrected chi connectivity index (χ1v) is 3.31. The summed E-state index contributed by atoms with van der Waals surface area (Å²) in [5.41, 5.74) is 0.897. The molecule has 0 radical (unpaired) electrons. The maximum absolute atomic E-state index is 5.61. The molecule has 0 aromatic heterocycles. The van der Waals surface area contributed by atoms with Crippen molar-refractivity contribution in [2.75, 3.05) is 0 Å². The molecule has 0 aliphatic rings. The first-order valence-electron chi connectivity index (χ1n) is 2.97. The lowest BCUT2D eigenvalue weighted by atomic mass is 10.3. The Kier molecular flexibility index (Phi) is 4.24. The summed E-state index contributed by atoms with van der Waals surface area (Å²) in [6.45, 7) is 9.32. The highest BCUT2D eigenvalue weighted by Gasteiger charge is 1.95. The van der Waals surface area contributed by atoms with Gasteiger partial charge < -0.3 is 0 Å². The van der Waals surface area contributed by atoms with Gasteiger partial charge in [0.05, 0.1) is 0 Å². The van der Waals surface area contributed by atoms with Crippen LogP contribution in [0, 0.1) is 0 Å². The molecule has 0 aliphatic heterocycles. The minimum Gasteiger partial charge on any atom is -0.266 e. The Hall–Kier alpha value is -0.430. The summed E-state index contributed by atoms with van der Waals surface area (Å²) in [7, 11) is 0.